The third-order valence-corrected chi connectivity index (χ3v) is 10.1. The second kappa shape index (κ2) is 12.0. The first-order valence-electron chi connectivity index (χ1n) is 15.0. The van der Waals surface area contributed by atoms with Crippen molar-refractivity contribution in [2.24, 2.45) is 5.41 Å². The molecule has 2 aromatic carbocycles. The fraction of sp³-hybridized carbons (Fsp3) is 0.500. The van der Waals surface area contributed by atoms with E-state index >= 15 is 0 Å². The van der Waals surface area contributed by atoms with Crippen molar-refractivity contribution >= 4 is 28.8 Å². The number of para-hydroxylation sites is 1. The Morgan fingerprint density at radius 1 is 1.12 bits per heavy atom. The van der Waals surface area contributed by atoms with Crippen molar-refractivity contribution in [3.05, 3.63) is 70.4 Å². The van der Waals surface area contributed by atoms with Crippen LogP contribution in [0.4, 0.5) is 5.69 Å². The quantitative estimate of drug-likeness (QED) is 0.300. The van der Waals surface area contributed by atoms with Crippen molar-refractivity contribution in [1.29, 1.82) is 0 Å². The maximum Gasteiger partial charge on any atom is 0.274 e. The van der Waals surface area contributed by atoms with Crippen LogP contribution in [-0.4, -0.2) is 54.9 Å². The van der Waals surface area contributed by atoms with Crippen LogP contribution in [0.15, 0.2) is 48.5 Å². The second-order valence-corrected chi connectivity index (χ2v) is 13.7. The van der Waals surface area contributed by atoms with E-state index in [1.54, 1.807) is 11.3 Å². The third-order valence-electron chi connectivity index (χ3n) is 8.79. The minimum atomic E-state index is -0.301. The molecule has 5 rings (SSSR count). The summed E-state index contributed by atoms with van der Waals surface area (Å²) in [6, 6.07) is 16.5. The molecule has 1 unspecified atom stereocenters. The van der Waals surface area contributed by atoms with Gasteiger partial charge in [0.25, 0.3) is 5.91 Å². The SMILES string of the molecule is CCC(C)(C)C(C(=O)N[C@@H]1CCCN(C(=O)c2nc(C3CC3)sc2-c2cccc(C)c2)C1)c1ccccc1N(C)C. The van der Waals surface area contributed by atoms with Crippen LogP contribution < -0.4 is 10.2 Å². The highest BCUT2D eigenvalue weighted by atomic mass is 32.1. The molecule has 1 aliphatic heterocycles. The summed E-state index contributed by atoms with van der Waals surface area (Å²) in [5, 5.41) is 4.46. The van der Waals surface area contributed by atoms with Crippen molar-refractivity contribution in [3.63, 3.8) is 0 Å². The van der Waals surface area contributed by atoms with Crippen LogP contribution in [0.1, 0.15) is 91.3 Å². The highest BCUT2D eigenvalue weighted by Crippen LogP contribution is 2.45. The zero-order chi connectivity index (χ0) is 29.3. The predicted molar refractivity (Wildman–Crippen MR) is 169 cm³/mol. The summed E-state index contributed by atoms with van der Waals surface area (Å²) in [5.41, 5.74) is 4.67. The Hall–Kier alpha value is -3.19. The van der Waals surface area contributed by atoms with E-state index in [0.29, 0.717) is 24.7 Å². The standard InChI is InChI=1S/C34H44N4O2S/c1-7-34(3,4)28(26-15-8-9-16-27(26)37(5)6)31(39)35-25-14-11-19-38(21-25)33(40)29-30(24-13-10-12-22(2)20-24)41-32(36-29)23-17-18-23/h8-10,12-13,15-16,20,23,25,28H,7,11,14,17-19,21H2,1-6H3,(H,35,39)/t25-,28?/m1/s1. The molecule has 1 aromatic heterocycles. The number of anilines is 1. The molecule has 2 atom stereocenters. The fourth-order valence-corrected chi connectivity index (χ4v) is 7.17. The van der Waals surface area contributed by atoms with Crippen molar-refractivity contribution in [1.82, 2.24) is 15.2 Å². The zero-order valence-electron chi connectivity index (χ0n) is 25.4. The van der Waals surface area contributed by atoms with Crippen LogP contribution in [-0.2, 0) is 4.79 Å². The number of aryl methyl sites for hydroxylation is 1. The first-order valence-corrected chi connectivity index (χ1v) is 15.8. The molecule has 2 amide bonds. The summed E-state index contributed by atoms with van der Waals surface area (Å²) < 4.78 is 0. The van der Waals surface area contributed by atoms with Crippen molar-refractivity contribution in [2.45, 2.75) is 77.7 Å². The number of rotatable bonds is 9. The zero-order valence-corrected chi connectivity index (χ0v) is 26.2. The van der Waals surface area contributed by atoms with Crippen LogP contribution in [0.2, 0.25) is 0 Å². The molecule has 7 heteroatoms. The lowest BCUT2D eigenvalue weighted by Crippen LogP contribution is -2.51. The van der Waals surface area contributed by atoms with Crippen LogP contribution in [0.3, 0.4) is 0 Å². The van der Waals surface area contributed by atoms with Gasteiger partial charge in [0, 0.05) is 44.8 Å². The van der Waals surface area contributed by atoms with E-state index in [2.05, 4.69) is 68.2 Å². The summed E-state index contributed by atoms with van der Waals surface area (Å²) in [5.74, 6) is 0.203. The molecule has 0 spiro atoms. The monoisotopic (exact) mass is 572 g/mol. The van der Waals surface area contributed by atoms with E-state index in [4.69, 9.17) is 4.98 Å². The minimum absolute atomic E-state index is 0.0213. The lowest BCUT2D eigenvalue weighted by molar-refractivity contribution is -0.126. The summed E-state index contributed by atoms with van der Waals surface area (Å²) in [6.45, 7) is 9.76. The number of nitrogens with zero attached hydrogens (tertiary/aromatic N) is 3. The van der Waals surface area contributed by atoms with Gasteiger partial charge in [-0.05, 0) is 61.6 Å². The highest BCUT2D eigenvalue weighted by molar-refractivity contribution is 7.15. The van der Waals surface area contributed by atoms with E-state index < -0.39 is 0 Å². The summed E-state index contributed by atoms with van der Waals surface area (Å²) >= 11 is 1.67. The highest BCUT2D eigenvalue weighted by Gasteiger charge is 2.39. The molecule has 2 heterocycles. The van der Waals surface area contributed by atoms with Crippen molar-refractivity contribution in [3.8, 4) is 10.4 Å². The van der Waals surface area contributed by atoms with Crippen LogP contribution in [0.5, 0.6) is 0 Å². The lowest BCUT2D eigenvalue weighted by atomic mass is 9.72. The molecule has 1 saturated carbocycles. The number of hydrogen-bond donors (Lipinski definition) is 1. The number of nitrogens with one attached hydrogen (secondary N) is 1. The Bertz CT molecular complexity index is 1410. The second-order valence-electron chi connectivity index (χ2n) is 12.7. The summed E-state index contributed by atoms with van der Waals surface area (Å²) in [4.78, 5) is 37.9. The van der Waals surface area contributed by atoms with E-state index in [9.17, 15) is 9.59 Å². The first kappa shape index (κ1) is 29.3. The molecular formula is C34H44N4O2S. The van der Waals surface area contributed by atoms with Crippen LogP contribution in [0.25, 0.3) is 10.4 Å². The third kappa shape index (κ3) is 6.35. The number of likely N-dealkylation sites (tertiary alicyclic amines) is 1. The van der Waals surface area contributed by atoms with E-state index in [1.807, 2.05) is 37.2 Å². The van der Waals surface area contributed by atoms with Crippen molar-refractivity contribution in [2.75, 3.05) is 32.1 Å². The van der Waals surface area contributed by atoms with Gasteiger partial charge in [0.15, 0.2) is 0 Å². The van der Waals surface area contributed by atoms with Crippen LogP contribution >= 0.6 is 11.3 Å². The van der Waals surface area contributed by atoms with Gasteiger partial charge in [-0.3, -0.25) is 9.59 Å². The Labute approximate surface area is 249 Å². The normalized spacial score (nSPS) is 18.2. The lowest BCUT2D eigenvalue weighted by Gasteiger charge is -2.38. The smallest absolute Gasteiger partial charge is 0.274 e. The Morgan fingerprint density at radius 2 is 1.88 bits per heavy atom. The maximum atomic E-state index is 14.1. The van der Waals surface area contributed by atoms with Crippen LogP contribution in [0, 0.1) is 12.3 Å². The average Bonchev–Trinajstić information content (AvgIpc) is 3.71. The molecule has 1 aliphatic carbocycles. The average molecular weight is 573 g/mol. The van der Waals surface area contributed by atoms with Gasteiger partial charge in [0.1, 0.15) is 5.69 Å². The van der Waals surface area contributed by atoms with E-state index in [1.165, 1.54) is 5.56 Å². The molecule has 1 saturated heterocycles. The Balaban J connectivity index is 1.37. The molecule has 1 N–H and O–H groups in total. The number of piperidine rings is 1. The molecule has 218 valence electrons. The minimum Gasteiger partial charge on any atom is -0.377 e. The Kier molecular flexibility index (Phi) is 8.55. The number of aromatic nitrogens is 1. The van der Waals surface area contributed by atoms with Gasteiger partial charge >= 0.3 is 0 Å². The Morgan fingerprint density at radius 3 is 2.56 bits per heavy atom. The number of benzene rings is 2. The van der Waals surface area contributed by atoms with Gasteiger partial charge in [-0.2, -0.15) is 0 Å². The van der Waals surface area contributed by atoms with Crippen molar-refractivity contribution < 1.29 is 9.59 Å². The van der Waals surface area contributed by atoms with Gasteiger partial charge in [-0.15, -0.1) is 11.3 Å². The van der Waals surface area contributed by atoms with Gasteiger partial charge in [0.2, 0.25) is 5.91 Å². The molecule has 0 bridgehead atoms. The molecule has 3 aromatic rings. The number of carbonyl (C=O) groups excluding carboxylic acids is 2. The number of amides is 2. The fourth-order valence-electron chi connectivity index (χ4n) is 5.94. The summed E-state index contributed by atoms with van der Waals surface area (Å²) in [7, 11) is 4.05. The molecule has 2 aliphatic rings. The number of carbonyl (C=O) groups is 2. The largest absolute Gasteiger partial charge is 0.377 e. The van der Waals surface area contributed by atoms with Gasteiger partial charge in [-0.25, -0.2) is 4.98 Å². The summed E-state index contributed by atoms with van der Waals surface area (Å²) in [6.07, 6.45) is 4.89. The molecule has 6 nitrogen and oxygen atoms in total. The first-order chi connectivity index (χ1) is 19.6. The van der Waals surface area contributed by atoms with E-state index in [-0.39, 0.29) is 29.2 Å². The van der Waals surface area contributed by atoms with E-state index in [0.717, 1.165) is 58.8 Å². The molecule has 2 fully saturated rings. The number of thiazole rings is 1. The predicted octanol–water partition coefficient (Wildman–Crippen LogP) is 7.00. The molecular weight excluding hydrogens is 528 g/mol. The van der Waals surface area contributed by atoms with Gasteiger partial charge in [-0.1, -0.05) is 68.8 Å². The van der Waals surface area contributed by atoms with Gasteiger partial charge < -0.3 is 15.1 Å². The maximum absolute atomic E-state index is 14.1. The number of hydrogen-bond acceptors (Lipinski definition) is 5. The molecule has 41 heavy (non-hydrogen) atoms. The van der Waals surface area contributed by atoms with Gasteiger partial charge in [0.05, 0.1) is 15.8 Å². The topological polar surface area (TPSA) is 65.5 Å². The molecule has 0 radical (unpaired) electrons.